The number of fused-ring (bicyclic) bond motifs is 2. The Balaban J connectivity index is 1.20. The van der Waals surface area contributed by atoms with E-state index in [0.717, 1.165) is 79.2 Å². The molecule has 3 fully saturated rings. The average molecular weight is 658 g/mol. The van der Waals surface area contributed by atoms with Crippen molar-refractivity contribution in [3.63, 3.8) is 0 Å². The molecule has 4 heterocycles. The van der Waals surface area contributed by atoms with E-state index in [-0.39, 0.29) is 24.2 Å². The van der Waals surface area contributed by atoms with Crippen LogP contribution in [0.1, 0.15) is 36.1 Å². The largest absolute Gasteiger partial charge is 0.463 e. The number of nitrogens with zero attached hydrogens (tertiary/aromatic N) is 7. The number of carbonyl (C=O) groups excluding carboxylic acids is 1. The molecule has 12 heteroatoms. The number of aromatic nitrogens is 2. The number of nitriles is 1. The van der Waals surface area contributed by atoms with Crippen LogP contribution in [0.5, 0.6) is 6.01 Å². The van der Waals surface area contributed by atoms with Crippen molar-refractivity contribution in [3.8, 4) is 12.1 Å². The number of hydrogen-bond donors (Lipinski definition) is 0. The Morgan fingerprint density at radius 3 is 2.69 bits per heavy atom. The minimum Gasteiger partial charge on any atom is -0.463 e. The maximum atomic E-state index is 14.7. The molecule has 0 N–H and O–H groups in total. The third-order valence-corrected chi connectivity index (χ3v) is 10.3. The number of halogens is 2. The molecule has 0 spiro atoms. The van der Waals surface area contributed by atoms with E-state index in [2.05, 4.69) is 27.3 Å². The van der Waals surface area contributed by atoms with E-state index in [1.807, 2.05) is 31.2 Å². The molecule has 252 valence electrons. The number of benzene rings is 2. The van der Waals surface area contributed by atoms with Crippen molar-refractivity contribution in [1.82, 2.24) is 19.8 Å². The number of aryl methyl sites for hydroxylation is 1. The number of rotatable bonds is 9. The summed E-state index contributed by atoms with van der Waals surface area (Å²) < 4.78 is 40.6. The highest BCUT2D eigenvalue weighted by molar-refractivity contribution is 5.97. The van der Waals surface area contributed by atoms with Crippen LogP contribution in [0.4, 0.5) is 20.3 Å². The van der Waals surface area contributed by atoms with Gasteiger partial charge in [0.2, 0.25) is 0 Å². The lowest BCUT2D eigenvalue weighted by Gasteiger charge is -2.42. The second-order valence-corrected chi connectivity index (χ2v) is 13.5. The predicted molar refractivity (Wildman–Crippen MR) is 178 cm³/mol. The molecule has 7 rings (SSSR count). The van der Waals surface area contributed by atoms with Crippen molar-refractivity contribution in [2.75, 3.05) is 75.4 Å². The molecule has 1 amide bonds. The summed E-state index contributed by atoms with van der Waals surface area (Å²) in [4.78, 5) is 30.7. The van der Waals surface area contributed by atoms with Gasteiger partial charge in [-0.25, -0.2) is 8.78 Å². The van der Waals surface area contributed by atoms with Crippen molar-refractivity contribution in [1.29, 1.82) is 5.26 Å². The van der Waals surface area contributed by atoms with Crippen LogP contribution in [-0.4, -0.2) is 97.4 Å². The van der Waals surface area contributed by atoms with E-state index in [0.29, 0.717) is 50.8 Å². The van der Waals surface area contributed by atoms with E-state index in [1.165, 1.54) is 11.0 Å². The molecule has 2 aromatic carbocycles. The average Bonchev–Trinajstić information content (AvgIpc) is 3.87. The smallest absolute Gasteiger partial charge is 0.318 e. The van der Waals surface area contributed by atoms with Crippen molar-refractivity contribution in [2.45, 2.75) is 45.2 Å². The Hall–Kier alpha value is -4.34. The Morgan fingerprint density at radius 1 is 1.12 bits per heavy atom. The normalized spacial score (nSPS) is 20.7. The Morgan fingerprint density at radius 2 is 1.94 bits per heavy atom. The Bertz CT molecular complexity index is 1770. The summed E-state index contributed by atoms with van der Waals surface area (Å²) in [5.74, 6) is -1.33. The van der Waals surface area contributed by atoms with Crippen LogP contribution in [0.3, 0.4) is 0 Å². The van der Waals surface area contributed by atoms with E-state index < -0.39 is 17.8 Å². The van der Waals surface area contributed by atoms with Gasteiger partial charge < -0.3 is 24.2 Å². The van der Waals surface area contributed by atoms with Gasteiger partial charge in [-0.05, 0) is 49.3 Å². The minimum atomic E-state index is -1.03. The second-order valence-electron chi connectivity index (χ2n) is 13.5. The molecule has 48 heavy (non-hydrogen) atoms. The van der Waals surface area contributed by atoms with E-state index >= 15 is 0 Å². The molecule has 1 atom stereocenters. The predicted octanol–water partition coefficient (Wildman–Crippen LogP) is 4.55. The number of anilines is 2. The topological polar surface area (TPSA) is 98.1 Å². The van der Waals surface area contributed by atoms with E-state index in [4.69, 9.17) is 19.4 Å². The Labute approximate surface area is 279 Å². The Kier molecular flexibility index (Phi) is 8.92. The van der Waals surface area contributed by atoms with Crippen molar-refractivity contribution >= 4 is 28.2 Å². The summed E-state index contributed by atoms with van der Waals surface area (Å²) in [6, 6.07) is 11.3. The zero-order chi connectivity index (χ0) is 33.4. The fourth-order valence-electron chi connectivity index (χ4n) is 7.42. The zero-order valence-electron chi connectivity index (χ0n) is 27.4. The molecule has 0 bridgehead atoms. The first-order valence-electron chi connectivity index (χ1n) is 16.8. The molecule has 1 aromatic heterocycles. The van der Waals surface area contributed by atoms with Crippen LogP contribution in [-0.2, 0) is 22.5 Å². The first-order valence-corrected chi connectivity index (χ1v) is 16.8. The molecular weight excluding hydrogens is 616 g/mol. The standard InChI is InChI=1S/C36H41F2N7O3/c1-24-29(38)7-6-26-4-3-5-31(32(24)26)43-13-9-28-30(21-43)40-35(48-23-36(10-11-36)22-42-16-18-47-19-17-42)41-33(28)44-14-15-45(34(46)25(2)37)27(20-44)8-12-39/h3-7,27H,2,8-11,13-23H2,1H3. The van der Waals surface area contributed by atoms with Crippen LogP contribution in [0.25, 0.3) is 10.8 Å². The van der Waals surface area contributed by atoms with E-state index in [1.54, 1.807) is 0 Å². The van der Waals surface area contributed by atoms with Crippen molar-refractivity contribution < 1.29 is 23.0 Å². The fraction of sp³-hybridized carbons (Fsp3) is 0.500. The molecule has 4 aliphatic rings. The highest BCUT2D eigenvalue weighted by Gasteiger charge is 2.45. The highest BCUT2D eigenvalue weighted by atomic mass is 19.1. The molecule has 10 nitrogen and oxygen atoms in total. The van der Waals surface area contributed by atoms with Gasteiger partial charge in [0.15, 0.2) is 5.83 Å². The summed E-state index contributed by atoms with van der Waals surface area (Å²) in [6.45, 7) is 11.9. The van der Waals surface area contributed by atoms with Crippen molar-refractivity contribution in [3.05, 3.63) is 65.4 Å². The van der Waals surface area contributed by atoms with Gasteiger partial charge in [0, 0.05) is 67.9 Å². The maximum absolute atomic E-state index is 14.7. The van der Waals surface area contributed by atoms with Gasteiger partial charge >= 0.3 is 6.01 Å². The molecule has 1 aliphatic carbocycles. The number of ether oxygens (including phenoxy) is 2. The highest BCUT2D eigenvalue weighted by Crippen LogP contribution is 2.47. The second kappa shape index (κ2) is 13.3. The summed E-state index contributed by atoms with van der Waals surface area (Å²) >= 11 is 0. The summed E-state index contributed by atoms with van der Waals surface area (Å²) in [6.07, 6.45) is 2.86. The fourth-order valence-corrected chi connectivity index (χ4v) is 7.42. The van der Waals surface area contributed by atoms with Gasteiger partial charge in [-0.15, -0.1) is 0 Å². The third kappa shape index (κ3) is 6.41. The van der Waals surface area contributed by atoms with Gasteiger partial charge in [-0.2, -0.15) is 15.2 Å². The zero-order valence-corrected chi connectivity index (χ0v) is 27.4. The molecule has 0 radical (unpaired) electrons. The lowest BCUT2D eigenvalue weighted by atomic mass is 9.99. The van der Waals surface area contributed by atoms with Crippen LogP contribution in [0, 0.1) is 29.5 Å². The van der Waals surface area contributed by atoms with Crippen LogP contribution >= 0.6 is 0 Å². The molecule has 1 saturated carbocycles. The first-order chi connectivity index (χ1) is 23.2. The van der Waals surface area contributed by atoms with Gasteiger partial charge in [-0.1, -0.05) is 24.8 Å². The van der Waals surface area contributed by atoms with Gasteiger partial charge in [0.05, 0.1) is 50.6 Å². The molecule has 2 saturated heterocycles. The number of morpholine rings is 1. The monoisotopic (exact) mass is 657 g/mol. The minimum absolute atomic E-state index is 0.0565. The maximum Gasteiger partial charge on any atom is 0.318 e. The third-order valence-electron chi connectivity index (χ3n) is 10.3. The summed E-state index contributed by atoms with van der Waals surface area (Å²) in [5.41, 5.74) is 3.45. The molecule has 3 aromatic rings. The van der Waals surface area contributed by atoms with Gasteiger partial charge in [-0.3, -0.25) is 9.69 Å². The van der Waals surface area contributed by atoms with Crippen LogP contribution < -0.4 is 14.5 Å². The molecular formula is C36H41F2N7O3. The number of piperazine rings is 1. The first kappa shape index (κ1) is 32.2. The van der Waals surface area contributed by atoms with Gasteiger partial charge in [0.25, 0.3) is 5.91 Å². The van der Waals surface area contributed by atoms with Crippen LogP contribution in [0.15, 0.2) is 42.7 Å². The van der Waals surface area contributed by atoms with Gasteiger partial charge in [0.1, 0.15) is 11.6 Å². The lowest BCUT2D eigenvalue weighted by molar-refractivity contribution is -0.131. The summed E-state index contributed by atoms with van der Waals surface area (Å²) in [5, 5.41) is 11.4. The number of amides is 1. The number of hydrogen-bond acceptors (Lipinski definition) is 9. The number of carbonyl (C=O) groups is 1. The van der Waals surface area contributed by atoms with Crippen LogP contribution in [0.2, 0.25) is 0 Å². The summed E-state index contributed by atoms with van der Waals surface area (Å²) in [7, 11) is 0. The lowest BCUT2D eigenvalue weighted by Crippen LogP contribution is -2.55. The SMILES string of the molecule is C=C(F)C(=O)N1CCN(c2nc(OCC3(CN4CCOCC4)CC3)nc3c2CCN(c2cccc4ccc(F)c(C)c24)C3)CC1CC#N. The molecule has 3 aliphatic heterocycles. The van der Waals surface area contributed by atoms with E-state index in [9.17, 15) is 18.8 Å². The molecule has 1 unspecified atom stereocenters. The van der Waals surface area contributed by atoms with Crippen molar-refractivity contribution in [2.24, 2.45) is 5.41 Å². The quantitative estimate of drug-likeness (QED) is 0.307.